The van der Waals surface area contributed by atoms with Crippen molar-refractivity contribution in [1.82, 2.24) is 16.0 Å². The summed E-state index contributed by atoms with van der Waals surface area (Å²) >= 11 is 7.67. The molecule has 1 amide bonds. The van der Waals surface area contributed by atoms with Crippen molar-refractivity contribution < 1.29 is 9.53 Å². The van der Waals surface area contributed by atoms with Crippen LogP contribution >= 0.6 is 23.4 Å². The second kappa shape index (κ2) is 11.7. The number of guanidine groups is 1. The third-order valence-corrected chi connectivity index (χ3v) is 5.64. The Balaban J connectivity index is 1.36. The first-order valence-corrected chi connectivity index (χ1v) is 11.3. The molecule has 0 bridgehead atoms. The Labute approximate surface area is 186 Å². The van der Waals surface area contributed by atoms with Crippen molar-refractivity contribution in [3.8, 4) is 5.75 Å². The molecular formula is C22H27ClN4O2S. The van der Waals surface area contributed by atoms with E-state index in [1.54, 1.807) is 18.8 Å². The molecule has 1 aliphatic rings. The number of benzene rings is 2. The lowest BCUT2D eigenvalue weighted by atomic mass is 10.2. The summed E-state index contributed by atoms with van der Waals surface area (Å²) in [4.78, 5) is 17.2. The van der Waals surface area contributed by atoms with E-state index in [0.717, 1.165) is 41.7 Å². The van der Waals surface area contributed by atoms with Crippen LogP contribution in [0.3, 0.4) is 0 Å². The fourth-order valence-electron chi connectivity index (χ4n) is 2.67. The second-order valence-electron chi connectivity index (χ2n) is 6.93. The summed E-state index contributed by atoms with van der Waals surface area (Å²) < 4.78 is 5.60. The van der Waals surface area contributed by atoms with Gasteiger partial charge in [0.1, 0.15) is 5.75 Å². The maximum Gasteiger partial charge on any atom is 0.258 e. The molecule has 0 heterocycles. The van der Waals surface area contributed by atoms with E-state index in [1.165, 1.54) is 4.90 Å². The standard InChI is InChI=1S/C22H27ClN4O2S/c1-24-22(25-11-12-30-20-9-5-17(23)6-10-20)26-14-16-3-2-4-19(13-16)29-15-21(28)27-18-7-8-18/h2-6,9-10,13,18H,7-8,11-12,14-15H2,1H3,(H,27,28)(H2,24,25,26). The van der Waals surface area contributed by atoms with E-state index in [2.05, 4.69) is 20.9 Å². The fraction of sp³-hybridized carbons (Fsp3) is 0.364. The van der Waals surface area contributed by atoms with Crippen molar-refractivity contribution in [3.63, 3.8) is 0 Å². The highest BCUT2D eigenvalue weighted by Crippen LogP contribution is 2.20. The number of ether oxygens (including phenoxy) is 1. The number of amides is 1. The zero-order chi connectivity index (χ0) is 21.2. The van der Waals surface area contributed by atoms with Gasteiger partial charge < -0.3 is 20.7 Å². The first-order valence-electron chi connectivity index (χ1n) is 9.96. The smallest absolute Gasteiger partial charge is 0.258 e. The Morgan fingerprint density at radius 3 is 2.73 bits per heavy atom. The zero-order valence-corrected chi connectivity index (χ0v) is 18.6. The zero-order valence-electron chi connectivity index (χ0n) is 17.0. The first kappa shape index (κ1) is 22.3. The van der Waals surface area contributed by atoms with Crippen LogP contribution in [0.1, 0.15) is 18.4 Å². The molecule has 30 heavy (non-hydrogen) atoms. The molecule has 1 aliphatic carbocycles. The topological polar surface area (TPSA) is 74.8 Å². The molecule has 0 aliphatic heterocycles. The fourth-order valence-corrected chi connectivity index (χ4v) is 3.56. The minimum absolute atomic E-state index is 0.0435. The van der Waals surface area contributed by atoms with Crippen LogP contribution in [0.2, 0.25) is 5.02 Å². The van der Waals surface area contributed by atoms with Gasteiger partial charge in [0, 0.05) is 41.8 Å². The summed E-state index contributed by atoms with van der Waals surface area (Å²) in [5, 5.41) is 10.3. The summed E-state index contributed by atoms with van der Waals surface area (Å²) in [5.41, 5.74) is 1.05. The molecule has 1 fully saturated rings. The van der Waals surface area contributed by atoms with E-state index in [1.807, 2.05) is 48.5 Å². The molecule has 0 radical (unpaired) electrons. The highest BCUT2D eigenvalue weighted by Gasteiger charge is 2.23. The summed E-state index contributed by atoms with van der Waals surface area (Å²) in [5.74, 6) is 2.26. The second-order valence-corrected chi connectivity index (χ2v) is 8.54. The maximum absolute atomic E-state index is 11.8. The molecule has 1 saturated carbocycles. The van der Waals surface area contributed by atoms with Crippen molar-refractivity contribution in [2.75, 3.05) is 26.0 Å². The van der Waals surface area contributed by atoms with Gasteiger partial charge in [-0.15, -0.1) is 11.8 Å². The predicted octanol–water partition coefficient (Wildman–Crippen LogP) is 3.45. The summed E-state index contributed by atoms with van der Waals surface area (Å²) in [6, 6.07) is 15.9. The average molecular weight is 447 g/mol. The van der Waals surface area contributed by atoms with Gasteiger partial charge in [0.05, 0.1) is 0 Å². The molecule has 2 aromatic rings. The van der Waals surface area contributed by atoms with Gasteiger partial charge in [-0.2, -0.15) is 0 Å². The largest absolute Gasteiger partial charge is 0.484 e. The van der Waals surface area contributed by atoms with Crippen LogP contribution in [0, 0.1) is 0 Å². The number of thioether (sulfide) groups is 1. The molecule has 3 N–H and O–H groups in total. The van der Waals surface area contributed by atoms with Crippen LogP contribution in [0.5, 0.6) is 5.75 Å². The average Bonchev–Trinajstić information content (AvgIpc) is 3.57. The van der Waals surface area contributed by atoms with Crippen molar-refractivity contribution in [1.29, 1.82) is 0 Å². The Bertz CT molecular complexity index is 856. The number of nitrogens with zero attached hydrogens (tertiary/aromatic N) is 1. The SMILES string of the molecule is CN=C(NCCSc1ccc(Cl)cc1)NCc1cccc(OCC(=O)NC2CC2)c1. The predicted molar refractivity (Wildman–Crippen MR) is 123 cm³/mol. The Hall–Kier alpha value is -2.38. The molecule has 0 saturated heterocycles. The van der Waals surface area contributed by atoms with E-state index in [-0.39, 0.29) is 12.5 Å². The Kier molecular flexibility index (Phi) is 8.71. The quantitative estimate of drug-likeness (QED) is 0.225. The highest BCUT2D eigenvalue weighted by molar-refractivity contribution is 7.99. The molecular weight excluding hydrogens is 420 g/mol. The van der Waals surface area contributed by atoms with Crippen LogP contribution in [-0.2, 0) is 11.3 Å². The Morgan fingerprint density at radius 2 is 2.00 bits per heavy atom. The van der Waals surface area contributed by atoms with Crippen LogP contribution in [0.25, 0.3) is 0 Å². The third kappa shape index (κ3) is 8.16. The van der Waals surface area contributed by atoms with Gasteiger partial charge in [-0.1, -0.05) is 23.7 Å². The Morgan fingerprint density at radius 1 is 1.20 bits per heavy atom. The molecule has 0 aromatic heterocycles. The lowest BCUT2D eigenvalue weighted by Gasteiger charge is -2.13. The molecule has 2 aromatic carbocycles. The van der Waals surface area contributed by atoms with Crippen LogP contribution in [0.15, 0.2) is 58.4 Å². The van der Waals surface area contributed by atoms with Crippen LogP contribution in [-0.4, -0.2) is 43.9 Å². The number of hydrogen-bond acceptors (Lipinski definition) is 4. The number of hydrogen-bond donors (Lipinski definition) is 3. The molecule has 0 unspecified atom stereocenters. The number of rotatable bonds is 10. The van der Waals surface area contributed by atoms with Crippen molar-refractivity contribution in [2.24, 2.45) is 4.99 Å². The first-order chi connectivity index (χ1) is 14.6. The van der Waals surface area contributed by atoms with Crippen LogP contribution < -0.4 is 20.7 Å². The molecule has 6 nitrogen and oxygen atoms in total. The summed E-state index contributed by atoms with van der Waals surface area (Å²) in [6.07, 6.45) is 2.14. The number of nitrogens with one attached hydrogen (secondary N) is 3. The number of aliphatic imine (C=N–C) groups is 1. The lowest BCUT2D eigenvalue weighted by Crippen LogP contribution is -2.37. The van der Waals surface area contributed by atoms with Crippen molar-refractivity contribution >= 4 is 35.2 Å². The lowest BCUT2D eigenvalue weighted by molar-refractivity contribution is -0.123. The van der Waals surface area contributed by atoms with E-state index in [0.29, 0.717) is 18.3 Å². The van der Waals surface area contributed by atoms with Gasteiger partial charge in [0.15, 0.2) is 12.6 Å². The number of halogens is 1. The van der Waals surface area contributed by atoms with Crippen LogP contribution in [0.4, 0.5) is 0 Å². The van der Waals surface area contributed by atoms with Gasteiger partial charge in [-0.05, 0) is 54.8 Å². The third-order valence-electron chi connectivity index (χ3n) is 4.37. The monoisotopic (exact) mass is 446 g/mol. The van der Waals surface area contributed by atoms with Crippen molar-refractivity contribution in [3.05, 3.63) is 59.1 Å². The molecule has 0 atom stereocenters. The van der Waals surface area contributed by atoms with Crippen molar-refractivity contribution in [2.45, 2.75) is 30.3 Å². The maximum atomic E-state index is 11.8. The van der Waals surface area contributed by atoms with Gasteiger partial charge in [0.25, 0.3) is 5.91 Å². The highest BCUT2D eigenvalue weighted by atomic mass is 35.5. The number of carbonyl (C=O) groups is 1. The molecule has 3 rings (SSSR count). The van der Waals surface area contributed by atoms with E-state index < -0.39 is 0 Å². The molecule has 0 spiro atoms. The van der Waals surface area contributed by atoms with E-state index in [9.17, 15) is 4.79 Å². The number of carbonyl (C=O) groups excluding carboxylic acids is 1. The minimum atomic E-state index is -0.0675. The molecule has 160 valence electrons. The van der Waals surface area contributed by atoms with Gasteiger partial charge in [-0.3, -0.25) is 9.79 Å². The minimum Gasteiger partial charge on any atom is -0.484 e. The molecule has 8 heteroatoms. The van der Waals surface area contributed by atoms with Gasteiger partial charge >= 0.3 is 0 Å². The van der Waals surface area contributed by atoms with E-state index >= 15 is 0 Å². The van der Waals surface area contributed by atoms with Gasteiger partial charge in [0.2, 0.25) is 0 Å². The van der Waals surface area contributed by atoms with E-state index in [4.69, 9.17) is 16.3 Å². The summed E-state index contributed by atoms with van der Waals surface area (Å²) in [7, 11) is 1.75. The van der Waals surface area contributed by atoms with Gasteiger partial charge in [-0.25, -0.2) is 0 Å². The summed E-state index contributed by atoms with van der Waals surface area (Å²) in [6.45, 7) is 1.43. The normalized spacial score (nSPS) is 13.6.